The maximum atomic E-state index is 5.84. The van der Waals surface area contributed by atoms with Crippen LogP contribution in [0.2, 0.25) is 0 Å². The molecule has 0 saturated heterocycles. The minimum atomic E-state index is 0.139. The van der Waals surface area contributed by atoms with Crippen molar-refractivity contribution in [3.05, 3.63) is 0 Å². The lowest BCUT2D eigenvalue weighted by Crippen LogP contribution is -2.56. The minimum Gasteiger partial charge on any atom is -0.377 e. The molecule has 17 heavy (non-hydrogen) atoms. The van der Waals surface area contributed by atoms with Crippen molar-refractivity contribution in [1.82, 2.24) is 5.32 Å². The lowest BCUT2D eigenvalue weighted by Gasteiger charge is -2.47. The lowest BCUT2D eigenvalue weighted by molar-refractivity contribution is -0.101. The molecule has 102 valence electrons. The normalized spacial score (nSPS) is 21.0. The Morgan fingerprint density at radius 2 is 1.94 bits per heavy atom. The minimum absolute atomic E-state index is 0.139. The molecule has 0 aromatic carbocycles. The fourth-order valence-corrected chi connectivity index (χ4v) is 2.67. The van der Waals surface area contributed by atoms with Gasteiger partial charge in [-0.25, -0.2) is 0 Å². The molecule has 0 aliphatic heterocycles. The van der Waals surface area contributed by atoms with Gasteiger partial charge in [0, 0.05) is 13.2 Å². The zero-order valence-electron chi connectivity index (χ0n) is 12.4. The van der Waals surface area contributed by atoms with Gasteiger partial charge in [0.25, 0.3) is 0 Å². The summed E-state index contributed by atoms with van der Waals surface area (Å²) in [6.45, 7) is 10.3. The highest BCUT2D eigenvalue weighted by atomic mass is 16.5. The number of hydrogen-bond acceptors (Lipinski definition) is 2. The van der Waals surface area contributed by atoms with Crippen LogP contribution in [0, 0.1) is 5.41 Å². The summed E-state index contributed by atoms with van der Waals surface area (Å²) in [7, 11) is 1.89. The van der Waals surface area contributed by atoms with Gasteiger partial charge in [-0.1, -0.05) is 27.7 Å². The van der Waals surface area contributed by atoms with Crippen LogP contribution in [-0.2, 0) is 4.74 Å². The van der Waals surface area contributed by atoms with Crippen molar-refractivity contribution in [2.45, 2.75) is 77.9 Å². The summed E-state index contributed by atoms with van der Waals surface area (Å²) in [5.41, 5.74) is 0.561. The van der Waals surface area contributed by atoms with Crippen molar-refractivity contribution < 1.29 is 4.74 Å². The van der Waals surface area contributed by atoms with E-state index in [1.54, 1.807) is 0 Å². The second kappa shape index (κ2) is 6.19. The van der Waals surface area contributed by atoms with Gasteiger partial charge in [-0.2, -0.15) is 0 Å². The Morgan fingerprint density at radius 3 is 2.29 bits per heavy atom. The van der Waals surface area contributed by atoms with Gasteiger partial charge in [-0.05, 0) is 50.5 Å². The fraction of sp³-hybridized carbons (Fsp3) is 1.00. The van der Waals surface area contributed by atoms with Gasteiger partial charge in [0.05, 0.1) is 5.60 Å². The van der Waals surface area contributed by atoms with Gasteiger partial charge in [0.15, 0.2) is 0 Å². The van der Waals surface area contributed by atoms with Crippen molar-refractivity contribution in [3.8, 4) is 0 Å². The van der Waals surface area contributed by atoms with Crippen molar-refractivity contribution in [3.63, 3.8) is 0 Å². The third kappa shape index (κ3) is 4.26. The van der Waals surface area contributed by atoms with Crippen molar-refractivity contribution >= 4 is 0 Å². The highest BCUT2D eigenvalue weighted by molar-refractivity contribution is 4.99. The summed E-state index contributed by atoms with van der Waals surface area (Å²) in [6.07, 6.45) is 7.49. The summed E-state index contributed by atoms with van der Waals surface area (Å²) < 4.78 is 5.84. The molecule has 0 radical (unpaired) electrons. The summed E-state index contributed by atoms with van der Waals surface area (Å²) in [6, 6.07) is 0.542. The Balaban J connectivity index is 2.53. The van der Waals surface area contributed by atoms with E-state index in [4.69, 9.17) is 4.74 Å². The SMILES string of the molecule is CCCNC(CCC(C)(C)C)C1(OC)CCC1. The van der Waals surface area contributed by atoms with Crippen LogP contribution in [0.4, 0.5) is 0 Å². The third-order valence-electron chi connectivity index (χ3n) is 4.07. The zero-order valence-corrected chi connectivity index (χ0v) is 12.4. The largest absolute Gasteiger partial charge is 0.377 e. The van der Waals surface area contributed by atoms with E-state index in [1.807, 2.05) is 7.11 Å². The molecule has 0 aromatic heterocycles. The van der Waals surface area contributed by atoms with E-state index in [1.165, 1.54) is 38.5 Å². The van der Waals surface area contributed by atoms with Crippen molar-refractivity contribution in [2.24, 2.45) is 5.41 Å². The Hall–Kier alpha value is -0.0800. The van der Waals surface area contributed by atoms with E-state index in [-0.39, 0.29) is 5.60 Å². The molecule has 1 aliphatic carbocycles. The molecule has 1 unspecified atom stereocenters. The number of hydrogen-bond donors (Lipinski definition) is 1. The molecule has 2 heteroatoms. The molecule has 0 bridgehead atoms. The molecule has 1 N–H and O–H groups in total. The third-order valence-corrected chi connectivity index (χ3v) is 4.07. The second-order valence-electron chi connectivity index (χ2n) is 6.73. The molecule has 0 amide bonds. The Morgan fingerprint density at radius 1 is 1.29 bits per heavy atom. The van der Waals surface area contributed by atoms with Gasteiger partial charge in [-0.15, -0.1) is 0 Å². The highest BCUT2D eigenvalue weighted by Crippen LogP contribution is 2.40. The second-order valence-corrected chi connectivity index (χ2v) is 6.73. The molecule has 1 rings (SSSR count). The fourth-order valence-electron chi connectivity index (χ4n) is 2.67. The molecule has 2 nitrogen and oxygen atoms in total. The van der Waals surface area contributed by atoms with Gasteiger partial charge in [0.2, 0.25) is 0 Å². The number of nitrogens with one attached hydrogen (secondary N) is 1. The monoisotopic (exact) mass is 241 g/mol. The smallest absolute Gasteiger partial charge is 0.0831 e. The van der Waals surface area contributed by atoms with Crippen LogP contribution >= 0.6 is 0 Å². The van der Waals surface area contributed by atoms with Crippen LogP contribution in [0.1, 0.15) is 66.2 Å². The summed E-state index contributed by atoms with van der Waals surface area (Å²) in [4.78, 5) is 0. The first-order chi connectivity index (χ1) is 7.93. The van der Waals surface area contributed by atoms with Crippen LogP contribution in [-0.4, -0.2) is 25.3 Å². The molecule has 0 aromatic rings. The quantitative estimate of drug-likeness (QED) is 0.733. The van der Waals surface area contributed by atoms with E-state index >= 15 is 0 Å². The predicted molar refractivity (Wildman–Crippen MR) is 74.4 cm³/mol. The number of methoxy groups -OCH3 is 1. The molecular formula is C15H31NO. The molecule has 0 spiro atoms. The Labute approximate surface area is 108 Å². The highest BCUT2D eigenvalue weighted by Gasteiger charge is 2.44. The molecule has 1 atom stereocenters. The number of rotatable bonds is 7. The van der Waals surface area contributed by atoms with Gasteiger partial charge in [-0.3, -0.25) is 0 Å². The molecule has 1 fully saturated rings. The lowest BCUT2D eigenvalue weighted by atomic mass is 9.71. The molecule has 1 aliphatic rings. The van der Waals surface area contributed by atoms with E-state index in [2.05, 4.69) is 33.0 Å². The van der Waals surface area contributed by atoms with E-state index < -0.39 is 0 Å². The van der Waals surface area contributed by atoms with Crippen molar-refractivity contribution in [1.29, 1.82) is 0 Å². The van der Waals surface area contributed by atoms with E-state index in [0.29, 0.717) is 11.5 Å². The first kappa shape index (κ1) is 15.0. The molecule has 1 saturated carbocycles. The topological polar surface area (TPSA) is 21.3 Å². The standard InChI is InChI=1S/C15H31NO/c1-6-12-16-13(8-11-14(2,3)4)15(17-5)9-7-10-15/h13,16H,6-12H2,1-5H3. The van der Waals surface area contributed by atoms with Crippen LogP contribution in [0.15, 0.2) is 0 Å². The average molecular weight is 241 g/mol. The Kier molecular flexibility index (Phi) is 5.46. The predicted octanol–water partition coefficient (Wildman–Crippen LogP) is 3.75. The Bertz CT molecular complexity index is 210. The zero-order chi connectivity index (χ0) is 12.9. The summed E-state index contributed by atoms with van der Waals surface area (Å²) in [5.74, 6) is 0. The van der Waals surface area contributed by atoms with Crippen LogP contribution < -0.4 is 5.32 Å². The first-order valence-electron chi connectivity index (χ1n) is 7.22. The summed E-state index contributed by atoms with van der Waals surface area (Å²) >= 11 is 0. The van der Waals surface area contributed by atoms with Gasteiger partial charge in [0.1, 0.15) is 0 Å². The maximum Gasteiger partial charge on any atom is 0.0831 e. The van der Waals surface area contributed by atoms with Crippen LogP contribution in [0.3, 0.4) is 0 Å². The molecule has 0 heterocycles. The first-order valence-corrected chi connectivity index (χ1v) is 7.22. The van der Waals surface area contributed by atoms with Crippen LogP contribution in [0.5, 0.6) is 0 Å². The molecular weight excluding hydrogens is 210 g/mol. The van der Waals surface area contributed by atoms with Gasteiger partial charge < -0.3 is 10.1 Å². The van der Waals surface area contributed by atoms with E-state index in [0.717, 1.165) is 6.54 Å². The van der Waals surface area contributed by atoms with E-state index in [9.17, 15) is 0 Å². The van der Waals surface area contributed by atoms with Gasteiger partial charge >= 0.3 is 0 Å². The summed E-state index contributed by atoms with van der Waals surface area (Å²) in [5, 5.41) is 3.71. The average Bonchev–Trinajstić information content (AvgIpc) is 2.18. The maximum absolute atomic E-state index is 5.84. The van der Waals surface area contributed by atoms with Crippen molar-refractivity contribution in [2.75, 3.05) is 13.7 Å². The van der Waals surface area contributed by atoms with Crippen LogP contribution in [0.25, 0.3) is 0 Å². The number of ether oxygens (including phenoxy) is 1.